The van der Waals surface area contributed by atoms with Crippen LogP contribution in [0.2, 0.25) is 0 Å². The maximum Gasteiger partial charge on any atom is 0.238 e. The van der Waals surface area contributed by atoms with Gasteiger partial charge in [0.1, 0.15) is 30.2 Å². The number of hydrogen-bond acceptors (Lipinski definition) is 8. The van der Waals surface area contributed by atoms with E-state index in [9.17, 15) is 20.4 Å². The molecule has 1 saturated heterocycles. The van der Waals surface area contributed by atoms with E-state index in [4.69, 9.17) is 14.2 Å². The number of benzene rings is 1. The third kappa shape index (κ3) is 4.07. The molecule has 1 aliphatic rings. The zero-order chi connectivity index (χ0) is 19.6. The fourth-order valence-corrected chi connectivity index (χ4v) is 2.96. The van der Waals surface area contributed by atoms with Crippen molar-refractivity contribution in [1.29, 1.82) is 0 Å². The summed E-state index contributed by atoms with van der Waals surface area (Å²) < 4.78 is 16.2. The minimum atomic E-state index is -1.51. The van der Waals surface area contributed by atoms with Crippen LogP contribution in [0.5, 0.6) is 11.6 Å². The van der Waals surface area contributed by atoms with Crippen LogP contribution in [0.15, 0.2) is 24.3 Å². The molecule has 1 unspecified atom stereocenters. The van der Waals surface area contributed by atoms with Gasteiger partial charge in [-0.15, -0.1) is 5.10 Å². The third-order valence-corrected chi connectivity index (χ3v) is 4.65. The van der Waals surface area contributed by atoms with Crippen molar-refractivity contribution in [2.45, 2.75) is 44.1 Å². The maximum atomic E-state index is 10.1. The first-order chi connectivity index (χ1) is 12.9. The van der Waals surface area contributed by atoms with Gasteiger partial charge in [-0.25, -0.2) is 0 Å². The monoisotopic (exact) mass is 380 g/mol. The first kappa shape index (κ1) is 19.6. The largest absolute Gasteiger partial charge is 0.497 e. The molecule has 148 valence electrons. The van der Waals surface area contributed by atoms with Crippen LogP contribution in [0.3, 0.4) is 0 Å². The van der Waals surface area contributed by atoms with E-state index in [0.717, 1.165) is 22.6 Å². The lowest BCUT2D eigenvalue weighted by Crippen LogP contribution is -2.60. The highest BCUT2D eigenvalue weighted by Crippen LogP contribution is 2.28. The number of aliphatic hydroxyl groups excluding tert-OH is 4. The van der Waals surface area contributed by atoms with Gasteiger partial charge in [0, 0.05) is 17.7 Å². The average molecular weight is 380 g/mol. The van der Waals surface area contributed by atoms with E-state index >= 15 is 0 Å². The van der Waals surface area contributed by atoms with Crippen LogP contribution in [-0.2, 0) is 11.2 Å². The van der Waals surface area contributed by atoms with Crippen LogP contribution in [0.1, 0.15) is 16.8 Å². The molecule has 9 heteroatoms. The maximum absolute atomic E-state index is 10.1. The highest BCUT2D eigenvalue weighted by atomic mass is 16.7. The summed E-state index contributed by atoms with van der Waals surface area (Å²) in [7, 11) is 1.60. The van der Waals surface area contributed by atoms with Gasteiger partial charge in [-0.2, -0.15) is 0 Å². The number of nitrogens with zero attached hydrogens (tertiary/aromatic N) is 1. The Labute approximate surface area is 156 Å². The van der Waals surface area contributed by atoms with E-state index in [1.807, 2.05) is 31.2 Å². The highest BCUT2D eigenvalue weighted by molar-refractivity contribution is 5.37. The normalized spacial score (nSPS) is 28.1. The van der Waals surface area contributed by atoms with Gasteiger partial charge in [-0.05, 0) is 24.6 Å². The van der Waals surface area contributed by atoms with Crippen molar-refractivity contribution in [2.24, 2.45) is 0 Å². The molecular weight excluding hydrogens is 356 g/mol. The zero-order valence-corrected chi connectivity index (χ0v) is 15.1. The Bertz CT molecular complexity index is 747. The van der Waals surface area contributed by atoms with Gasteiger partial charge in [0.15, 0.2) is 0 Å². The van der Waals surface area contributed by atoms with Gasteiger partial charge in [-0.3, -0.25) is 5.10 Å². The molecule has 5 atom stereocenters. The summed E-state index contributed by atoms with van der Waals surface area (Å²) in [5, 5.41) is 46.1. The molecule has 27 heavy (non-hydrogen) atoms. The molecule has 0 radical (unpaired) electrons. The van der Waals surface area contributed by atoms with Crippen molar-refractivity contribution in [3.05, 3.63) is 41.1 Å². The standard InChI is InChI=1S/C18H24N2O7/c1-9-12(7-10-3-5-11(25-2)6-4-10)17(20-19-9)27-18-16(24)15(23)14(22)13(8-21)26-18/h3-6,13-16,18,21-24H,7-8H2,1-2H3,(H,19,20)/t13-,14-,15+,16-,18?/m1/s1. The van der Waals surface area contributed by atoms with Crippen LogP contribution < -0.4 is 9.47 Å². The lowest BCUT2D eigenvalue weighted by Gasteiger charge is -2.39. The number of aromatic nitrogens is 2. The van der Waals surface area contributed by atoms with E-state index in [1.165, 1.54) is 0 Å². The molecular formula is C18H24N2O7. The highest BCUT2D eigenvalue weighted by Gasteiger charge is 2.45. The third-order valence-electron chi connectivity index (χ3n) is 4.65. The number of H-pyrrole nitrogens is 1. The van der Waals surface area contributed by atoms with E-state index in [2.05, 4.69) is 10.2 Å². The van der Waals surface area contributed by atoms with E-state index in [-0.39, 0.29) is 5.88 Å². The number of hydrogen-bond donors (Lipinski definition) is 5. The molecule has 1 aliphatic heterocycles. The summed E-state index contributed by atoms with van der Waals surface area (Å²) in [6.07, 6.45) is -6.25. The molecule has 1 aromatic carbocycles. The van der Waals surface area contributed by atoms with Crippen molar-refractivity contribution in [1.82, 2.24) is 10.2 Å². The fraction of sp³-hybridized carbons (Fsp3) is 0.500. The Morgan fingerprint density at radius 2 is 1.81 bits per heavy atom. The molecule has 2 heterocycles. The fourth-order valence-electron chi connectivity index (χ4n) is 2.96. The van der Waals surface area contributed by atoms with E-state index < -0.39 is 37.3 Å². The molecule has 0 spiro atoms. The summed E-state index contributed by atoms with van der Waals surface area (Å²) in [5.41, 5.74) is 2.54. The van der Waals surface area contributed by atoms with Crippen LogP contribution in [-0.4, -0.2) is 75.0 Å². The summed E-state index contributed by atoms with van der Waals surface area (Å²) in [4.78, 5) is 0. The van der Waals surface area contributed by atoms with E-state index in [1.54, 1.807) is 7.11 Å². The van der Waals surface area contributed by atoms with Crippen LogP contribution in [0.4, 0.5) is 0 Å². The minimum absolute atomic E-state index is 0.215. The van der Waals surface area contributed by atoms with Crippen molar-refractivity contribution in [2.75, 3.05) is 13.7 Å². The SMILES string of the molecule is COc1ccc(Cc2c(OC3O[C@H](CO)[C@@H](O)[C@H](O)[C@H]3O)n[nH]c2C)cc1. The number of ether oxygens (including phenoxy) is 3. The van der Waals surface area contributed by atoms with Crippen LogP contribution in [0.25, 0.3) is 0 Å². The second kappa shape index (κ2) is 8.24. The van der Waals surface area contributed by atoms with Crippen molar-refractivity contribution in [3.8, 4) is 11.6 Å². The lowest BCUT2D eigenvalue weighted by molar-refractivity contribution is -0.278. The molecule has 3 rings (SSSR count). The van der Waals surface area contributed by atoms with Crippen molar-refractivity contribution < 1.29 is 34.6 Å². The Morgan fingerprint density at radius 3 is 2.44 bits per heavy atom. The molecule has 0 saturated carbocycles. The topological polar surface area (TPSA) is 137 Å². The van der Waals surface area contributed by atoms with Crippen molar-refractivity contribution >= 4 is 0 Å². The Kier molecular flexibility index (Phi) is 5.98. The van der Waals surface area contributed by atoms with Gasteiger partial charge in [0.05, 0.1) is 13.7 Å². The predicted molar refractivity (Wildman–Crippen MR) is 93.5 cm³/mol. The molecule has 2 aromatic rings. The number of rotatable bonds is 6. The second-order valence-electron chi connectivity index (χ2n) is 6.47. The van der Waals surface area contributed by atoms with Gasteiger partial charge >= 0.3 is 0 Å². The first-order valence-electron chi connectivity index (χ1n) is 8.58. The average Bonchev–Trinajstić information content (AvgIpc) is 3.02. The molecule has 0 bridgehead atoms. The Morgan fingerprint density at radius 1 is 1.11 bits per heavy atom. The molecule has 1 aromatic heterocycles. The lowest BCUT2D eigenvalue weighted by atomic mass is 9.99. The van der Waals surface area contributed by atoms with Crippen LogP contribution >= 0.6 is 0 Å². The quantitative estimate of drug-likeness (QED) is 0.452. The smallest absolute Gasteiger partial charge is 0.238 e. The van der Waals surface area contributed by atoms with Crippen molar-refractivity contribution in [3.63, 3.8) is 0 Å². The van der Waals surface area contributed by atoms with Gasteiger partial charge in [0.25, 0.3) is 0 Å². The molecule has 0 aliphatic carbocycles. The summed E-state index contributed by atoms with van der Waals surface area (Å²) in [5.74, 6) is 0.966. The van der Waals surface area contributed by atoms with Crippen LogP contribution in [0, 0.1) is 6.92 Å². The number of aryl methyl sites for hydroxylation is 1. The predicted octanol–water partition coefficient (Wildman–Crippen LogP) is -0.504. The first-order valence-corrected chi connectivity index (χ1v) is 8.58. The molecule has 5 N–H and O–H groups in total. The second-order valence-corrected chi connectivity index (χ2v) is 6.47. The number of nitrogens with one attached hydrogen (secondary N) is 1. The number of methoxy groups -OCH3 is 1. The molecule has 0 amide bonds. The zero-order valence-electron chi connectivity index (χ0n) is 15.1. The van der Waals surface area contributed by atoms with E-state index in [0.29, 0.717) is 6.42 Å². The minimum Gasteiger partial charge on any atom is -0.497 e. The molecule has 1 fully saturated rings. The Hall–Kier alpha value is -2.17. The van der Waals surface area contributed by atoms with Gasteiger partial charge in [0.2, 0.25) is 12.2 Å². The summed E-state index contributed by atoms with van der Waals surface area (Å²) in [6, 6.07) is 7.54. The Balaban J connectivity index is 1.77. The summed E-state index contributed by atoms with van der Waals surface area (Å²) in [6.45, 7) is 1.31. The van der Waals surface area contributed by atoms with Gasteiger partial charge < -0.3 is 34.6 Å². The van der Waals surface area contributed by atoms with Gasteiger partial charge in [-0.1, -0.05) is 12.1 Å². The summed E-state index contributed by atoms with van der Waals surface area (Å²) >= 11 is 0. The number of aromatic amines is 1. The number of aliphatic hydroxyl groups is 4. The molecule has 9 nitrogen and oxygen atoms in total.